The first-order valence-electron chi connectivity index (χ1n) is 5.98. The van der Waals surface area contributed by atoms with Crippen molar-refractivity contribution in [3.8, 4) is 0 Å². The van der Waals surface area contributed by atoms with Gasteiger partial charge in [-0.2, -0.15) is 4.39 Å². The Bertz CT molecular complexity index is 600. The van der Waals surface area contributed by atoms with E-state index in [1.807, 2.05) is 0 Å². The Morgan fingerprint density at radius 3 is 2.70 bits per heavy atom. The summed E-state index contributed by atoms with van der Waals surface area (Å²) in [6.45, 7) is 1.43. The van der Waals surface area contributed by atoms with Crippen molar-refractivity contribution in [2.24, 2.45) is 5.41 Å². The molecule has 0 spiro atoms. The van der Waals surface area contributed by atoms with E-state index >= 15 is 0 Å². The summed E-state index contributed by atoms with van der Waals surface area (Å²) in [4.78, 5) is 33.2. The SMILES string of the molecule is CC(=O)C1(Cc2ccc([N+](=O)[O-])c(F)c2)CCOC1=O. The van der Waals surface area contributed by atoms with Gasteiger partial charge in [0, 0.05) is 12.5 Å². The number of Topliss-reactive ketones (excluding diaryl/α,β-unsaturated/α-hetero) is 1. The van der Waals surface area contributed by atoms with Gasteiger partial charge in [-0.15, -0.1) is 0 Å². The fourth-order valence-electron chi connectivity index (χ4n) is 2.32. The molecule has 1 aliphatic rings. The topological polar surface area (TPSA) is 86.5 Å². The molecule has 1 aliphatic heterocycles. The van der Waals surface area contributed by atoms with Crippen LogP contribution in [0.3, 0.4) is 0 Å². The average Bonchev–Trinajstić information content (AvgIpc) is 2.71. The second kappa shape index (κ2) is 4.99. The molecule has 1 fully saturated rings. The zero-order valence-corrected chi connectivity index (χ0v) is 10.7. The normalized spacial score (nSPS) is 21.6. The van der Waals surface area contributed by atoms with Gasteiger partial charge in [0.1, 0.15) is 11.2 Å². The lowest BCUT2D eigenvalue weighted by Crippen LogP contribution is -2.36. The molecule has 1 heterocycles. The van der Waals surface area contributed by atoms with E-state index in [4.69, 9.17) is 4.74 Å². The fraction of sp³-hybridized carbons (Fsp3) is 0.385. The summed E-state index contributed by atoms with van der Waals surface area (Å²) in [5.74, 6) is -1.96. The Morgan fingerprint density at radius 1 is 1.55 bits per heavy atom. The van der Waals surface area contributed by atoms with E-state index < -0.39 is 27.8 Å². The minimum Gasteiger partial charge on any atom is -0.465 e. The Morgan fingerprint density at radius 2 is 2.25 bits per heavy atom. The number of rotatable bonds is 4. The van der Waals surface area contributed by atoms with Gasteiger partial charge >= 0.3 is 11.7 Å². The van der Waals surface area contributed by atoms with E-state index in [2.05, 4.69) is 0 Å². The number of esters is 1. The molecular weight excluding hydrogens is 269 g/mol. The molecule has 20 heavy (non-hydrogen) atoms. The molecule has 1 aromatic carbocycles. The second-order valence-corrected chi connectivity index (χ2v) is 4.74. The van der Waals surface area contributed by atoms with Gasteiger partial charge in [-0.05, 0) is 25.0 Å². The number of hydrogen-bond donors (Lipinski definition) is 0. The van der Waals surface area contributed by atoms with Crippen LogP contribution in [0.1, 0.15) is 18.9 Å². The molecule has 106 valence electrons. The van der Waals surface area contributed by atoms with E-state index in [0.717, 1.165) is 12.1 Å². The van der Waals surface area contributed by atoms with Crippen molar-refractivity contribution in [3.05, 3.63) is 39.7 Å². The van der Waals surface area contributed by atoms with E-state index in [9.17, 15) is 24.1 Å². The standard InChI is InChI=1S/C13H12FNO5/c1-8(16)13(4-5-20-12(13)17)7-9-2-3-11(15(18)19)10(14)6-9/h2-3,6H,4-5,7H2,1H3. The number of benzene rings is 1. The van der Waals surface area contributed by atoms with Gasteiger partial charge in [0.2, 0.25) is 5.82 Å². The van der Waals surface area contributed by atoms with E-state index in [1.165, 1.54) is 13.0 Å². The molecule has 2 rings (SSSR count). The molecule has 0 aromatic heterocycles. The zero-order chi connectivity index (χ0) is 14.9. The maximum atomic E-state index is 13.6. The number of ether oxygens (including phenoxy) is 1. The molecule has 1 unspecified atom stereocenters. The van der Waals surface area contributed by atoms with Crippen LogP contribution in [0.25, 0.3) is 0 Å². The minimum atomic E-state index is -1.30. The molecule has 1 saturated heterocycles. The zero-order valence-electron chi connectivity index (χ0n) is 10.7. The van der Waals surface area contributed by atoms with Crippen molar-refractivity contribution >= 4 is 17.4 Å². The van der Waals surface area contributed by atoms with E-state index in [1.54, 1.807) is 0 Å². The highest BCUT2D eigenvalue weighted by atomic mass is 19.1. The van der Waals surface area contributed by atoms with Crippen LogP contribution in [0.2, 0.25) is 0 Å². The summed E-state index contributed by atoms with van der Waals surface area (Å²) in [6, 6.07) is 3.35. The van der Waals surface area contributed by atoms with Gasteiger partial charge in [0.15, 0.2) is 0 Å². The Hall–Kier alpha value is -2.31. The van der Waals surface area contributed by atoms with Crippen LogP contribution in [0.5, 0.6) is 0 Å². The molecular formula is C13H12FNO5. The quantitative estimate of drug-likeness (QED) is 0.363. The first kappa shape index (κ1) is 14.1. The summed E-state index contributed by atoms with van der Waals surface area (Å²) in [7, 11) is 0. The van der Waals surface area contributed by atoms with Crippen LogP contribution >= 0.6 is 0 Å². The van der Waals surface area contributed by atoms with Crippen LogP contribution in [0.15, 0.2) is 18.2 Å². The number of carbonyl (C=O) groups is 2. The number of nitrogens with zero attached hydrogens (tertiary/aromatic N) is 1. The molecule has 7 heteroatoms. The Kier molecular flexibility index (Phi) is 3.52. The first-order chi connectivity index (χ1) is 9.36. The third kappa shape index (κ3) is 2.26. The van der Waals surface area contributed by atoms with Crippen LogP contribution < -0.4 is 0 Å². The number of carbonyl (C=O) groups excluding carboxylic acids is 2. The van der Waals surface area contributed by atoms with E-state index in [0.29, 0.717) is 5.56 Å². The number of nitro groups is 1. The lowest BCUT2D eigenvalue weighted by Gasteiger charge is -2.21. The van der Waals surface area contributed by atoms with E-state index in [-0.39, 0.29) is 25.2 Å². The number of hydrogen-bond acceptors (Lipinski definition) is 5. The van der Waals surface area contributed by atoms with Crippen LogP contribution in [-0.4, -0.2) is 23.3 Å². The third-order valence-electron chi connectivity index (χ3n) is 3.54. The van der Waals surface area contributed by atoms with Crippen molar-refractivity contribution in [2.45, 2.75) is 19.8 Å². The lowest BCUT2D eigenvalue weighted by atomic mass is 9.77. The summed E-state index contributed by atoms with van der Waals surface area (Å²) in [5.41, 5.74) is -1.59. The molecule has 0 N–H and O–H groups in total. The first-order valence-corrected chi connectivity index (χ1v) is 5.98. The molecule has 0 radical (unpaired) electrons. The third-order valence-corrected chi connectivity index (χ3v) is 3.54. The van der Waals surface area contributed by atoms with Crippen molar-refractivity contribution in [1.82, 2.24) is 0 Å². The summed E-state index contributed by atoms with van der Waals surface area (Å²) in [6.07, 6.45) is 0.218. The van der Waals surface area contributed by atoms with Gasteiger partial charge < -0.3 is 4.74 Å². The highest BCUT2D eigenvalue weighted by molar-refractivity contribution is 6.04. The predicted molar refractivity (Wildman–Crippen MR) is 65.4 cm³/mol. The maximum absolute atomic E-state index is 13.6. The van der Waals surface area contributed by atoms with Crippen molar-refractivity contribution in [2.75, 3.05) is 6.61 Å². The highest BCUT2D eigenvalue weighted by Crippen LogP contribution is 2.35. The smallest absolute Gasteiger partial charge is 0.320 e. The van der Waals surface area contributed by atoms with Crippen LogP contribution in [0, 0.1) is 21.3 Å². The fourth-order valence-corrected chi connectivity index (χ4v) is 2.32. The predicted octanol–water partition coefficient (Wildman–Crippen LogP) is 1.80. The largest absolute Gasteiger partial charge is 0.465 e. The minimum absolute atomic E-state index is 0.0178. The van der Waals surface area contributed by atoms with Gasteiger partial charge in [0.25, 0.3) is 0 Å². The van der Waals surface area contributed by atoms with Gasteiger partial charge in [-0.25, -0.2) is 0 Å². The number of cyclic esters (lactones) is 1. The van der Waals surface area contributed by atoms with Gasteiger partial charge in [-0.3, -0.25) is 19.7 Å². The number of ketones is 1. The van der Waals surface area contributed by atoms with Gasteiger partial charge in [0.05, 0.1) is 11.5 Å². The number of nitro benzene ring substituents is 1. The molecule has 1 atom stereocenters. The van der Waals surface area contributed by atoms with Gasteiger partial charge in [-0.1, -0.05) is 6.07 Å². The van der Waals surface area contributed by atoms with Crippen molar-refractivity contribution in [3.63, 3.8) is 0 Å². The second-order valence-electron chi connectivity index (χ2n) is 4.74. The highest BCUT2D eigenvalue weighted by Gasteiger charge is 2.48. The van der Waals surface area contributed by atoms with Crippen LogP contribution in [-0.2, 0) is 20.7 Å². The summed E-state index contributed by atoms with van der Waals surface area (Å²) >= 11 is 0. The van der Waals surface area contributed by atoms with Crippen molar-refractivity contribution < 1.29 is 23.6 Å². The molecule has 0 amide bonds. The Balaban J connectivity index is 2.33. The molecule has 0 saturated carbocycles. The summed E-state index contributed by atoms with van der Waals surface area (Å²) < 4.78 is 18.4. The molecule has 1 aromatic rings. The molecule has 0 bridgehead atoms. The maximum Gasteiger partial charge on any atom is 0.320 e. The lowest BCUT2D eigenvalue weighted by molar-refractivity contribution is -0.387. The number of halogens is 1. The Labute approximate surface area is 113 Å². The summed E-state index contributed by atoms with van der Waals surface area (Å²) in [5, 5.41) is 10.5. The average molecular weight is 281 g/mol. The molecule has 0 aliphatic carbocycles. The monoisotopic (exact) mass is 281 g/mol. The van der Waals surface area contributed by atoms with Crippen molar-refractivity contribution in [1.29, 1.82) is 0 Å². The molecule has 6 nitrogen and oxygen atoms in total. The van der Waals surface area contributed by atoms with Crippen LogP contribution in [0.4, 0.5) is 10.1 Å².